The lowest BCUT2D eigenvalue weighted by Crippen LogP contribution is -2.18. The second-order valence-corrected chi connectivity index (χ2v) is 9.66. The Bertz CT molecular complexity index is 915. The largest absolute Gasteiger partial charge is 0.0622 e. The van der Waals surface area contributed by atoms with Gasteiger partial charge in [-0.2, -0.15) is 0 Å². The molecule has 3 rings (SSSR count). The maximum absolute atomic E-state index is 2.44. The second-order valence-electron chi connectivity index (χ2n) is 9.66. The van der Waals surface area contributed by atoms with Crippen LogP contribution in [-0.2, 0) is 10.8 Å². The van der Waals surface area contributed by atoms with Crippen LogP contribution >= 0.6 is 0 Å². The molecule has 3 aromatic rings. The van der Waals surface area contributed by atoms with Gasteiger partial charge in [0, 0.05) is 0 Å². The Morgan fingerprint density at radius 3 is 1.52 bits per heavy atom. The Balaban J connectivity index is 2.12. The van der Waals surface area contributed by atoms with E-state index in [4.69, 9.17) is 0 Å². The molecule has 0 heterocycles. The number of rotatable bonds is 2. The smallest absolute Gasteiger partial charge is 0.0126 e. The van der Waals surface area contributed by atoms with E-state index in [0.717, 1.165) is 0 Å². The normalized spacial score (nSPS) is 12.3. The van der Waals surface area contributed by atoms with Crippen LogP contribution in [-0.4, -0.2) is 0 Å². The van der Waals surface area contributed by atoms with Crippen LogP contribution in [0.25, 0.3) is 22.3 Å². The lowest BCUT2D eigenvalue weighted by atomic mass is 9.75. The zero-order chi connectivity index (χ0) is 19.8. The number of hydrogen-bond acceptors (Lipinski definition) is 0. The summed E-state index contributed by atoms with van der Waals surface area (Å²) < 4.78 is 0. The Labute approximate surface area is 165 Å². The Morgan fingerprint density at radius 2 is 1.00 bits per heavy atom. The first-order valence-corrected chi connectivity index (χ1v) is 9.89. The van der Waals surface area contributed by atoms with Crippen LogP contribution in [0.15, 0.2) is 66.7 Å². The summed E-state index contributed by atoms with van der Waals surface area (Å²) in [5, 5.41) is 0. The van der Waals surface area contributed by atoms with Gasteiger partial charge in [-0.15, -0.1) is 0 Å². The van der Waals surface area contributed by atoms with E-state index in [1.807, 2.05) is 0 Å². The summed E-state index contributed by atoms with van der Waals surface area (Å²) in [5.74, 6) is 0. The summed E-state index contributed by atoms with van der Waals surface area (Å²) >= 11 is 0. The first-order valence-electron chi connectivity index (χ1n) is 9.89. The van der Waals surface area contributed by atoms with Gasteiger partial charge in [0.25, 0.3) is 0 Å². The van der Waals surface area contributed by atoms with Crippen LogP contribution in [0, 0.1) is 6.92 Å². The molecule has 0 nitrogen and oxygen atoms in total. The van der Waals surface area contributed by atoms with Crippen LogP contribution in [0.4, 0.5) is 0 Å². The first-order chi connectivity index (χ1) is 12.6. The molecule has 3 aromatic carbocycles. The Kier molecular flexibility index (Phi) is 5.04. The van der Waals surface area contributed by atoms with Gasteiger partial charge >= 0.3 is 0 Å². The standard InChI is InChI=1S/C27H32/c1-19-17-23(25(27(5,6)7)18-24(19)26(2,3)4)22-15-13-21(14-16-22)20-11-9-8-10-12-20/h8-18H,1-7H3. The van der Waals surface area contributed by atoms with Crippen molar-refractivity contribution in [2.45, 2.75) is 59.3 Å². The molecule has 0 saturated carbocycles. The van der Waals surface area contributed by atoms with Crippen LogP contribution < -0.4 is 0 Å². The fraction of sp³-hybridized carbons (Fsp3) is 0.333. The molecule has 0 heteroatoms. The van der Waals surface area contributed by atoms with Crippen LogP contribution in [0.1, 0.15) is 58.2 Å². The quantitative estimate of drug-likeness (QED) is 0.437. The molecule has 0 bridgehead atoms. The summed E-state index contributed by atoms with van der Waals surface area (Å²) in [7, 11) is 0. The molecule has 0 N–H and O–H groups in total. The Hall–Kier alpha value is -2.34. The predicted octanol–water partition coefficient (Wildman–Crippen LogP) is 7.92. The Morgan fingerprint density at radius 1 is 0.519 bits per heavy atom. The minimum absolute atomic E-state index is 0.0983. The zero-order valence-corrected chi connectivity index (χ0v) is 17.9. The predicted molar refractivity (Wildman–Crippen MR) is 119 cm³/mol. The third kappa shape index (κ3) is 4.16. The van der Waals surface area contributed by atoms with Crippen molar-refractivity contribution in [2.24, 2.45) is 0 Å². The van der Waals surface area contributed by atoms with Gasteiger partial charge in [0.2, 0.25) is 0 Å². The van der Waals surface area contributed by atoms with Crippen molar-refractivity contribution in [3.05, 3.63) is 83.4 Å². The molecule has 0 aliphatic carbocycles. The summed E-state index contributed by atoms with van der Waals surface area (Å²) in [6, 6.07) is 24.4. The molecule has 140 valence electrons. The van der Waals surface area contributed by atoms with Crippen LogP contribution in [0.3, 0.4) is 0 Å². The van der Waals surface area contributed by atoms with E-state index in [1.165, 1.54) is 38.9 Å². The van der Waals surface area contributed by atoms with Gasteiger partial charge in [-0.1, -0.05) is 108 Å². The van der Waals surface area contributed by atoms with Crippen molar-refractivity contribution in [1.82, 2.24) is 0 Å². The highest BCUT2D eigenvalue weighted by Gasteiger charge is 2.24. The number of benzene rings is 3. The molecular weight excluding hydrogens is 324 g/mol. The zero-order valence-electron chi connectivity index (χ0n) is 17.9. The first kappa shape index (κ1) is 19.4. The van der Waals surface area contributed by atoms with Crippen LogP contribution in [0.2, 0.25) is 0 Å². The van der Waals surface area contributed by atoms with Crippen molar-refractivity contribution in [3.63, 3.8) is 0 Å². The van der Waals surface area contributed by atoms with E-state index in [1.54, 1.807) is 0 Å². The molecule has 0 fully saturated rings. The van der Waals surface area contributed by atoms with E-state index in [2.05, 4.69) is 115 Å². The van der Waals surface area contributed by atoms with Gasteiger partial charge in [0.1, 0.15) is 0 Å². The molecule has 0 saturated heterocycles. The van der Waals surface area contributed by atoms with Gasteiger partial charge in [-0.3, -0.25) is 0 Å². The molecule has 0 aliphatic heterocycles. The van der Waals surface area contributed by atoms with Gasteiger partial charge in [0.15, 0.2) is 0 Å². The summed E-state index contributed by atoms with van der Waals surface area (Å²) in [5.41, 5.74) is 9.66. The van der Waals surface area contributed by atoms with Crippen molar-refractivity contribution in [3.8, 4) is 22.3 Å². The van der Waals surface area contributed by atoms with E-state index < -0.39 is 0 Å². The highest BCUT2D eigenvalue weighted by molar-refractivity contribution is 5.74. The highest BCUT2D eigenvalue weighted by Crippen LogP contribution is 2.38. The lowest BCUT2D eigenvalue weighted by Gasteiger charge is -2.29. The van der Waals surface area contributed by atoms with E-state index in [0.29, 0.717) is 0 Å². The molecular formula is C27H32. The molecule has 0 atom stereocenters. The SMILES string of the molecule is Cc1cc(-c2ccc(-c3ccccc3)cc2)c(C(C)(C)C)cc1C(C)(C)C. The molecule has 0 radical (unpaired) electrons. The molecule has 0 spiro atoms. The van der Waals surface area contributed by atoms with Gasteiger partial charge in [-0.05, 0) is 56.7 Å². The number of aryl methyl sites for hydroxylation is 1. The number of hydrogen-bond donors (Lipinski definition) is 0. The molecule has 0 aromatic heterocycles. The average molecular weight is 357 g/mol. The fourth-order valence-corrected chi connectivity index (χ4v) is 3.85. The monoisotopic (exact) mass is 356 g/mol. The third-order valence-electron chi connectivity index (χ3n) is 5.28. The summed E-state index contributed by atoms with van der Waals surface area (Å²) in [6.45, 7) is 16.1. The molecule has 0 aliphatic rings. The lowest BCUT2D eigenvalue weighted by molar-refractivity contribution is 0.567. The molecule has 27 heavy (non-hydrogen) atoms. The minimum atomic E-state index is 0.0983. The van der Waals surface area contributed by atoms with E-state index in [-0.39, 0.29) is 10.8 Å². The summed E-state index contributed by atoms with van der Waals surface area (Å²) in [6.07, 6.45) is 0. The maximum Gasteiger partial charge on any atom is -0.0126 e. The average Bonchev–Trinajstić information content (AvgIpc) is 2.60. The highest BCUT2D eigenvalue weighted by atomic mass is 14.3. The van der Waals surface area contributed by atoms with Crippen molar-refractivity contribution in [1.29, 1.82) is 0 Å². The van der Waals surface area contributed by atoms with E-state index >= 15 is 0 Å². The van der Waals surface area contributed by atoms with Crippen molar-refractivity contribution >= 4 is 0 Å². The second kappa shape index (κ2) is 7.00. The molecule has 0 unspecified atom stereocenters. The van der Waals surface area contributed by atoms with Gasteiger partial charge in [0.05, 0.1) is 0 Å². The third-order valence-corrected chi connectivity index (χ3v) is 5.28. The fourth-order valence-electron chi connectivity index (χ4n) is 3.85. The van der Waals surface area contributed by atoms with Gasteiger partial charge < -0.3 is 0 Å². The van der Waals surface area contributed by atoms with Crippen molar-refractivity contribution in [2.75, 3.05) is 0 Å². The van der Waals surface area contributed by atoms with Crippen molar-refractivity contribution < 1.29 is 0 Å². The maximum atomic E-state index is 2.44. The summed E-state index contributed by atoms with van der Waals surface area (Å²) in [4.78, 5) is 0. The topological polar surface area (TPSA) is 0 Å². The minimum Gasteiger partial charge on any atom is -0.0622 e. The molecule has 0 amide bonds. The van der Waals surface area contributed by atoms with E-state index in [9.17, 15) is 0 Å². The van der Waals surface area contributed by atoms with Crippen LogP contribution in [0.5, 0.6) is 0 Å². The van der Waals surface area contributed by atoms with Gasteiger partial charge in [-0.25, -0.2) is 0 Å².